The number of benzene rings is 2. The van der Waals surface area contributed by atoms with E-state index in [2.05, 4.69) is 50.3 Å². The molecule has 5 rings (SSSR count). The van der Waals surface area contributed by atoms with Crippen molar-refractivity contribution < 1.29 is 4.74 Å². The lowest BCUT2D eigenvalue weighted by molar-refractivity contribution is 0.0319. The zero-order valence-corrected chi connectivity index (χ0v) is 19.8. The molecule has 3 aliphatic rings. The highest BCUT2D eigenvalue weighted by Crippen LogP contribution is 2.60. The number of ether oxygens (including phenoxy) is 1. The summed E-state index contributed by atoms with van der Waals surface area (Å²) in [6, 6.07) is 15.2. The molecule has 3 heteroatoms. The predicted molar refractivity (Wildman–Crippen MR) is 129 cm³/mol. The van der Waals surface area contributed by atoms with E-state index < -0.39 is 0 Å². The van der Waals surface area contributed by atoms with Crippen molar-refractivity contribution in [3.05, 3.63) is 52.6 Å². The molecule has 0 spiro atoms. The Morgan fingerprint density at radius 2 is 1.50 bits per heavy atom. The summed E-state index contributed by atoms with van der Waals surface area (Å²) in [7, 11) is 1.67. The van der Waals surface area contributed by atoms with Crippen LogP contribution in [-0.4, -0.2) is 7.11 Å². The Balaban J connectivity index is 1.78. The van der Waals surface area contributed by atoms with Crippen molar-refractivity contribution in [1.82, 2.24) is 0 Å². The third kappa shape index (κ3) is 3.69. The lowest BCUT2D eigenvalue weighted by Crippen LogP contribution is -2.44. The molecule has 32 heavy (non-hydrogen) atoms. The van der Waals surface area contributed by atoms with Crippen molar-refractivity contribution in [1.29, 1.82) is 10.5 Å². The summed E-state index contributed by atoms with van der Waals surface area (Å²) in [5.41, 5.74) is 5.67. The molecule has 0 heterocycles. The maximum atomic E-state index is 10.2. The van der Waals surface area contributed by atoms with Crippen molar-refractivity contribution in [2.24, 2.45) is 5.41 Å². The van der Waals surface area contributed by atoms with E-state index >= 15 is 0 Å². The Morgan fingerprint density at radius 3 is 2.06 bits per heavy atom. The molecular formula is C29H34N2O. The van der Waals surface area contributed by atoms with E-state index in [1.807, 2.05) is 6.07 Å². The van der Waals surface area contributed by atoms with Crippen molar-refractivity contribution in [2.45, 2.75) is 83.5 Å². The molecule has 0 aliphatic heterocycles. The Kier molecular flexibility index (Phi) is 6.30. The van der Waals surface area contributed by atoms with Gasteiger partial charge in [-0.3, -0.25) is 0 Å². The van der Waals surface area contributed by atoms with Gasteiger partial charge in [0.1, 0.15) is 17.9 Å². The molecule has 0 N–H and O–H groups in total. The quantitative estimate of drug-likeness (QED) is 0.462. The third-order valence-electron chi connectivity index (χ3n) is 8.28. The zero-order valence-electron chi connectivity index (χ0n) is 19.8. The fourth-order valence-corrected chi connectivity index (χ4v) is 6.48. The van der Waals surface area contributed by atoms with Gasteiger partial charge in [-0.05, 0) is 79.4 Å². The number of nitrogens with zero attached hydrogens (tertiary/aromatic N) is 2. The number of rotatable bonds is 7. The van der Waals surface area contributed by atoms with Crippen LogP contribution in [0.25, 0.3) is 11.1 Å². The molecule has 0 amide bonds. The van der Waals surface area contributed by atoms with E-state index in [4.69, 9.17) is 4.74 Å². The van der Waals surface area contributed by atoms with Gasteiger partial charge in [0.15, 0.2) is 0 Å². The maximum Gasteiger partial charge on any atom is 0.127 e. The first kappa shape index (κ1) is 22.4. The fraction of sp³-hybridized carbons (Fsp3) is 0.517. The van der Waals surface area contributed by atoms with Crippen LogP contribution in [0.5, 0.6) is 5.75 Å². The molecule has 0 unspecified atom stereocenters. The van der Waals surface area contributed by atoms with E-state index in [0.29, 0.717) is 16.5 Å². The van der Waals surface area contributed by atoms with Gasteiger partial charge < -0.3 is 4.74 Å². The number of nitriles is 2. The highest BCUT2D eigenvalue weighted by Gasteiger charge is 2.49. The number of methoxy groups -OCH3 is 1. The SMILES string of the molecule is CCCc1ccc(-c2ccc(C34CCC(CCC)(CC3)CC4)c(C#N)c2C#N)c(OC)c1. The van der Waals surface area contributed by atoms with Crippen LogP contribution in [-0.2, 0) is 11.8 Å². The van der Waals surface area contributed by atoms with Crippen LogP contribution < -0.4 is 4.74 Å². The summed E-state index contributed by atoms with van der Waals surface area (Å²) in [6.07, 6.45) is 11.8. The van der Waals surface area contributed by atoms with Crippen LogP contribution in [0.2, 0.25) is 0 Å². The highest BCUT2D eigenvalue weighted by molar-refractivity contribution is 5.79. The number of hydrogen-bond donors (Lipinski definition) is 0. The molecule has 2 aromatic rings. The number of hydrogen-bond acceptors (Lipinski definition) is 3. The summed E-state index contributed by atoms with van der Waals surface area (Å²) >= 11 is 0. The van der Waals surface area contributed by atoms with E-state index in [-0.39, 0.29) is 5.41 Å². The zero-order chi connectivity index (χ0) is 22.8. The van der Waals surface area contributed by atoms with Crippen LogP contribution >= 0.6 is 0 Å². The smallest absolute Gasteiger partial charge is 0.127 e. The van der Waals surface area contributed by atoms with Crippen molar-refractivity contribution in [3.63, 3.8) is 0 Å². The number of aryl methyl sites for hydroxylation is 1. The lowest BCUT2D eigenvalue weighted by atomic mass is 9.50. The monoisotopic (exact) mass is 426 g/mol. The summed E-state index contributed by atoms with van der Waals surface area (Å²) in [5, 5.41) is 20.4. The van der Waals surface area contributed by atoms with Gasteiger partial charge in [-0.1, -0.05) is 51.0 Å². The minimum absolute atomic E-state index is 0.0553. The van der Waals surface area contributed by atoms with Crippen LogP contribution in [0.1, 0.15) is 93.9 Å². The maximum absolute atomic E-state index is 10.2. The Morgan fingerprint density at radius 1 is 0.844 bits per heavy atom. The fourth-order valence-electron chi connectivity index (χ4n) is 6.48. The molecule has 166 valence electrons. The van der Waals surface area contributed by atoms with Gasteiger partial charge in [0.05, 0.1) is 18.2 Å². The second-order valence-corrected chi connectivity index (χ2v) is 9.95. The average Bonchev–Trinajstić information content (AvgIpc) is 2.84. The second kappa shape index (κ2) is 8.99. The summed E-state index contributed by atoms with van der Waals surface area (Å²) < 4.78 is 5.70. The third-order valence-corrected chi connectivity index (χ3v) is 8.28. The van der Waals surface area contributed by atoms with Gasteiger partial charge in [0, 0.05) is 11.1 Å². The Hall–Kier alpha value is -2.78. The van der Waals surface area contributed by atoms with Gasteiger partial charge in [-0.2, -0.15) is 10.5 Å². The first-order chi connectivity index (χ1) is 15.5. The summed E-state index contributed by atoms with van der Waals surface area (Å²) in [6.45, 7) is 4.45. The van der Waals surface area contributed by atoms with Crippen molar-refractivity contribution >= 4 is 0 Å². The molecule has 0 atom stereocenters. The van der Waals surface area contributed by atoms with Crippen molar-refractivity contribution in [2.75, 3.05) is 7.11 Å². The highest BCUT2D eigenvalue weighted by atomic mass is 16.5. The first-order valence-electron chi connectivity index (χ1n) is 12.2. The summed E-state index contributed by atoms with van der Waals surface area (Å²) in [4.78, 5) is 0. The Bertz CT molecular complexity index is 1060. The van der Waals surface area contributed by atoms with Gasteiger partial charge >= 0.3 is 0 Å². The van der Waals surface area contributed by atoms with E-state index in [0.717, 1.165) is 54.5 Å². The molecule has 0 saturated heterocycles. The molecule has 0 aromatic heterocycles. The van der Waals surface area contributed by atoms with Crippen LogP contribution in [0, 0.1) is 28.1 Å². The molecule has 2 bridgehead atoms. The molecular weight excluding hydrogens is 392 g/mol. The van der Waals surface area contributed by atoms with Gasteiger partial charge in [-0.25, -0.2) is 0 Å². The van der Waals surface area contributed by atoms with Gasteiger partial charge in [0.25, 0.3) is 0 Å². The standard InChI is InChI=1S/C29H34N2O/c1-4-6-21-7-8-23(27(18-21)32-3)22-9-10-26(25(20-31)24(22)19-30)29-15-12-28(11-5-2,13-16-29)14-17-29/h7-10,18H,4-6,11-17H2,1-3H3. The van der Waals surface area contributed by atoms with Crippen molar-refractivity contribution in [3.8, 4) is 29.0 Å². The topological polar surface area (TPSA) is 56.8 Å². The van der Waals surface area contributed by atoms with Crippen LogP contribution in [0.3, 0.4) is 0 Å². The normalized spacial score (nSPS) is 24.0. The number of fused-ring (bicyclic) bond motifs is 3. The minimum atomic E-state index is 0.0553. The average molecular weight is 427 g/mol. The van der Waals surface area contributed by atoms with Crippen LogP contribution in [0.4, 0.5) is 0 Å². The van der Waals surface area contributed by atoms with E-state index in [1.165, 1.54) is 37.7 Å². The molecule has 3 saturated carbocycles. The minimum Gasteiger partial charge on any atom is -0.496 e. The molecule has 2 aromatic carbocycles. The van der Waals surface area contributed by atoms with Gasteiger partial charge in [0.2, 0.25) is 0 Å². The van der Waals surface area contributed by atoms with E-state index in [1.54, 1.807) is 7.11 Å². The first-order valence-corrected chi connectivity index (χ1v) is 12.2. The molecule has 3 nitrogen and oxygen atoms in total. The largest absolute Gasteiger partial charge is 0.496 e. The van der Waals surface area contributed by atoms with E-state index in [9.17, 15) is 10.5 Å². The molecule has 0 radical (unpaired) electrons. The molecule has 3 aliphatic carbocycles. The van der Waals surface area contributed by atoms with Crippen LogP contribution in [0.15, 0.2) is 30.3 Å². The Labute approximate surface area is 193 Å². The predicted octanol–water partition coefficient (Wildman–Crippen LogP) is 7.45. The molecule has 3 fully saturated rings. The van der Waals surface area contributed by atoms with Gasteiger partial charge in [-0.15, -0.1) is 0 Å². The lowest BCUT2D eigenvalue weighted by Gasteiger charge is -2.54. The summed E-state index contributed by atoms with van der Waals surface area (Å²) in [5.74, 6) is 0.766. The second-order valence-electron chi connectivity index (χ2n) is 9.95.